The number of carbonyl (C=O) groups excluding carboxylic acids is 1. The second-order valence-corrected chi connectivity index (χ2v) is 7.55. The van der Waals surface area contributed by atoms with E-state index in [0.29, 0.717) is 17.7 Å². The summed E-state index contributed by atoms with van der Waals surface area (Å²) in [6.45, 7) is 2.56. The van der Waals surface area contributed by atoms with Crippen molar-refractivity contribution in [2.45, 2.75) is 26.4 Å². The van der Waals surface area contributed by atoms with E-state index in [1.165, 1.54) is 29.8 Å². The first-order valence-electron chi connectivity index (χ1n) is 10.3. The van der Waals surface area contributed by atoms with Crippen molar-refractivity contribution in [1.29, 1.82) is 0 Å². The van der Waals surface area contributed by atoms with Crippen molar-refractivity contribution in [3.05, 3.63) is 117 Å². The number of H-pyrrole nitrogens is 1. The average molecular weight is 414 g/mol. The largest absolute Gasteiger partial charge is 0.330 e. The highest BCUT2D eigenvalue weighted by Gasteiger charge is 2.18. The molecule has 0 bridgehead atoms. The third kappa shape index (κ3) is 4.72. The van der Waals surface area contributed by atoms with Crippen LogP contribution < -0.4 is 5.56 Å². The fourth-order valence-corrected chi connectivity index (χ4v) is 3.62. The first-order chi connectivity index (χ1) is 15.0. The molecule has 4 nitrogen and oxygen atoms in total. The Labute approximate surface area is 180 Å². The highest BCUT2D eigenvalue weighted by atomic mass is 19.1. The average Bonchev–Trinajstić information content (AvgIpc) is 2.79. The summed E-state index contributed by atoms with van der Waals surface area (Å²) in [6, 6.07) is 22.9. The van der Waals surface area contributed by atoms with Gasteiger partial charge >= 0.3 is 0 Å². The zero-order chi connectivity index (χ0) is 21.8. The van der Waals surface area contributed by atoms with Gasteiger partial charge in [0, 0.05) is 23.2 Å². The van der Waals surface area contributed by atoms with Crippen molar-refractivity contribution in [2.75, 3.05) is 0 Å². The second-order valence-electron chi connectivity index (χ2n) is 7.55. The van der Waals surface area contributed by atoms with Gasteiger partial charge in [-0.15, -0.1) is 0 Å². The van der Waals surface area contributed by atoms with E-state index in [4.69, 9.17) is 0 Å². The van der Waals surface area contributed by atoms with Crippen LogP contribution in [0.15, 0.2) is 83.7 Å². The summed E-state index contributed by atoms with van der Waals surface area (Å²) in [4.78, 5) is 30.5. The molecule has 1 amide bonds. The molecule has 0 unspecified atom stereocenters. The molecule has 0 radical (unpaired) electrons. The van der Waals surface area contributed by atoms with Gasteiger partial charge in [0.05, 0.1) is 6.54 Å². The molecule has 0 saturated heterocycles. The molecular formula is C26H23FN2O2. The molecular weight excluding hydrogens is 391 g/mol. The Morgan fingerprint density at radius 2 is 1.65 bits per heavy atom. The Morgan fingerprint density at radius 3 is 2.35 bits per heavy atom. The third-order valence-electron chi connectivity index (χ3n) is 5.35. The Balaban J connectivity index is 1.71. The maximum Gasteiger partial charge on any atom is 0.254 e. The Hall–Kier alpha value is -3.73. The Morgan fingerprint density at radius 1 is 0.903 bits per heavy atom. The van der Waals surface area contributed by atoms with Crippen molar-refractivity contribution < 1.29 is 9.18 Å². The van der Waals surface area contributed by atoms with Crippen molar-refractivity contribution >= 4 is 16.8 Å². The minimum Gasteiger partial charge on any atom is -0.330 e. The van der Waals surface area contributed by atoms with E-state index in [2.05, 4.69) is 18.0 Å². The molecule has 3 aromatic carbocycles. The van der Waals surface area contributed by atoms with Gasteiger partial charge < -0.3 is 9.88 Å². The maximum atomic E-state index is 13.3. The van der Waals surface area contributed by atoms with Crippen LogP contribution in [0.25, 0.3) is 10.9 Å². The molecule has 0 aliphatic carbocycles. The normalized spacial score (nSPS) is 10.9. The van der Waals surface area contributed by atoms with Crippen LogP contribution in [0.2, 0.25) is 0 Å². The Kier molecular flexibility index (Phi) is 5.94. The number of hydrogen-bond donors (Lipinski definition) is 1. The van der Waals surface area contributed by atoms with E-state index < -0.39 is 5.82 Å². The van der Waals surface area contributed by atoms with E-state index in [1.807, 2.05) is 48.5 Å². The van der Waals surface area contributed by atoms with Gasteiger partial charge in [-0.1, -0.05) is 43.3 Å². The molecule has 156 valence electrons. The molecule has 0 spiro atoms. The SMILES string of the molecule is CCc1ccc2[nH]c(=O)c(CN(Cc3ccccc3)C(=O)c3ccc(F)cc3)cc2c1. The van der Waals surface area contributed by atoms with Crippen LogP contribution in [-0.4, -0.2) is 15.8 Å². The summed E-state index contributed by atoms with van der Waals surface area (Å²) in [7, 11) is 0. The lowest BCUT2D eigenvalue weighted by molar-refractivity contribution is 0.0729. The number of halogens is 1. The number of amides is 1. The van der Waals surface area contributed by atoms with Gasteiger partial charge in [-0.2, -0.15) is 0 Å². The van der Waals surface area contributed by atoms with Crippen LogP contribution in [0.1, 0.15) is 34.0 Å². The molecule has 0 atom stereocenters. The molecule has 0 aliphatic rings. The number of nitrogens with one attached hydrogen (secondary N) is 1. The molecule has 0 fully saturated rings. The van der Waals surface area contributed by atoms with E-state index in [0.717, 1.165) is 22.9 Å². The number of aromatic nitrogens is 1. The summed E-state index contributed by atoms with van der Waals surface area (Å²) in [5.41, 5.74) is 3.56. The minimum absolute atomic E-state index is 0.146. The number of pyridine rings is 1. The van der Waals surface area contributed by atoms with Crippen LogP contribution in [0.4, 0.5) is 4.39 Å². The number of hydrogen-bond acceptors (Lipinski definition) is 2. The number of benzene rings is 3. The van der Waals surface area contributed by atoms with Gasteiger partial charge in [0.1, 0.15) is 5.82 Å². The topological polar surface area (TPSA) is 53.2 Å². The van der Waals surface area contributed by atoms with Gasteiger partial charge in [-0.3, -0.25) is 9.59 Å². The second kappa shape index (κ2) is 8.96. The summed E-state index contributed by atoms with van der Waals surface area (Å²) in [5.74, 6) is -0.658. The zero-order valence-corrected chi connectivity index (χ0v) is 17.3. The lowest BCUT2D eigenvalue weighted by Gasteiger charge is -2.23. The first-order valence-corrected chi connectivity index (χ1v) is 10.3. The number of aromatic amines is 1. The Bertz CT molecular complexity index is 1260. The predicted octanol–water partition coefficient (Wildman–Crippen LogP) is 5.07. The molecule has 4 aromatic rings. The third-order valence-corrected chi connectivity index (χ3v) is 5.35. The molecule has 0 saturated carbocycles. The minimum atomic E-state index is -0.399. The fourth-order valence-electron chi connectivity index (χ4n) is 3.62. The van der Waals surface area contributed by atoms with Gasteiger partial charge in [0.25, 0.3) is 11.5 Å². The van der Waals surface area contributed by atoms with Crippen molar-refractivity contribution in [1.82, 2.24) is 9.88 Å². The maximum absolute atomic E-state index is 13.3. The van der Waals surface area contributed by atoms with Crippen molar-refractivity contribution in [3.63, 3.8) is 0 Å². The van der Waals surface area contributed by atoms with E-state index in [1.54, 1.807) is 4.90 Å². The quantitative estimate of drug-likeness (QED) is 0.479. The highest BCUT2D eigenvalue weighted by molar-refractivity contribution is 5.94. The summed E-state index contributed by atoms with van der Waals surface area (Å²) in [5, 5.41) is 0.933. The van der Waals surface area contributed by atoms with Crippen LogP contribution in [0, 0.1) is 5.82 Å². The molecule has 1 aromatic heterocycles. The van der Waals surface area contributed by atoms with Crippen LogP contribution in [0.3, 0.4) is 0 Å². The number of nitrogens with zero attached hydrogens (tertiary/aromatic N) is 1. The number of rotatable bonds is 6. The summed E-state index contributed by atoms with van der Waals surface area (Å²) in [6.07, 6.45) is 0.896. The van der Waals surface area contributed by atoms with Crippen LogP contribution in [0.5, 0.6) is 0 Å². The molecule has 4 rings (SSSR count). The first kappa shape index (κ1) is 20.5. The lowest BCUT2D eigenvalue weighted by Crippen LogP contribution is -2.32. The molecule has 31 heavy (non-hydrogen) atoms. The van der Waals surface area contributed by atoms with E-state index in [-0.39, 0.29) is 18.0 Å². The van der Waals surface area contributed by atoms with Crippen LogP contribution >= 0.6 is 0 Å². The highest BCUT2D eigenvalue weighted by Crippen LogP contribution is 2.18. The summed E-state index contributed by atoms with van der Waals surface area (Å²) >= 11 is 0. The number of aryl methyl sites for hydroxylation is 1. The standard InChI is InChI=1S/C26H23FN2O2/c1-2-18-8-13-24-21(14-18)15-22(25(30)28-24)17-29(16-19-6-4-3-5-7-19)26(31)20-9-11-23(27)12-10-20/h3-15H,2,16-17H2,1H3,(H,28,30). The smallest absolute Gasteiger partial charge is 0.254 e. The summed E-state index contributed by atoms with van der Waals surface area (Å²) < 4.78 is 13.3. The van der Waals surface area contributed by atoms with Gasteiger partial charge in [-0.05, 0) is 65.4 Å². The van der Waals surface area contributed by atoms with Crippen molar-refractivity contribution in [2.24, 2.45) is 0 Å². The number of fused-ring (bicyclic) bond motifs is 1. The van der Waals surface area contributed by atoms with Gasteiger partial charge in [0.2, 0.25) is 0 Å². The van der Waals surface area contributed by atoms with E-state index >= 15 is 0 Å². The predicted molar refractivity (Wildman–Crippen MR) is 120 cm³/mol. The van der Waals surface area contributed by atoms with Gasteiger partial charge in [0.15, 0.2) is 0 Å². The number of carbonyl (C=O) groups is 1. The zero-order valence-electron chi connectivity index (χ0n) is 17.3. The van der Waals surface area contributed by atoms with Gasteiger partial charge in [-0.25, -0.2) is 4.39 Å². The monoisotopic (exact) mass is 414 g/mol. The molecule has 5 heteroatoms. The molecule has 1 heterocycles. The molecule has 1 N–H and O–H groups in total. The van der Waals surface area contributed by atoms with Crippen molar-refractivity contribution in [3.8, 4) is 0 Å². The fraction of sp³-hybridized carbons (Fsp3) is 0.154. The van der Waals surface area contributed by atoms with E-state index in [9.17, 15) is 14.0 Å². The lowest BCUT2D eigenvalue weighted by atomic mass is 10.1. The molecule has 0 aliphatic heterocycles. The van der Waals surface area contributed by atoms with Crippen LogP contribution in [-0.2, 0) is 19.5 Å².